The zero-order chi connectivity index (χ0) is 25.1. The van der Waals surface area contributed by atoms with Gasteiger partial charge in [-0.05, 0) is 66.7 Å². The molecule has 0 bridgehead atoms. The number of carbonyl (C=O) groups is 4. The van der Waals surface area contributed by atoms with Crippen molar-refractivity contribution in [1.29, 1.82) is 0 Å². The lowest BCUT2D eigenvalue weighted by Crippen LogP contribution is -2.36. The fourth-order valence-electron chi connectivity index (χ4n) is 3.44. The number of hydrogen-bond acceptors (Lipinski definition) is 7. The highest BCUT2D eigenvalue weighted by atomic mass is 32.2. The monoisotopic (exact) mass is 494 g/mol. The van der Waals surface area contributed by atoms with Gasteiger partial charge < -0.3 is 14.5 Å². The minimum Gasteiger partial charge on any atom is -0.465 e. The van der Waals surface area contributed by atoms with Crippen LogP contribution in [0.5, 0.6) is 0 Å². The van der Waals surface area contributed by atoms with Crippen molar-refractivity contribution >= 4 is 46.5 Å². The number of esters is 1. The summed E-state index contributed by atoms with van der Waals surface area (Å²) in [6, 6.07) is 13.7. The Morgan fingerprint density at radius 3 is 2.66 bits per heavy atom. The first-order valence-corrected chi connectivity index (χ1v) is 11.2. The van der Waals surface area contributed by atoms with Crippen LogP contribution in [-0.4, -0.2) is 41.6 Å². The standard InChI is InChI=1S/C25H19FN2O6S/c1-14-10-15(24(31)33-2)6-8-19(14)20-9-7-18(34-20)12-21-23(30)28(25(32)35-21)13-22(29)27-17-5-3-4-16(26)11-17/h3-12H,13H2,1-2H3,(H,27,29)/b21-12+. The first-order valence-electron chi connectivity index (χ1n) is 10.3. The third-order valence-corrected chi connectivity index (χ3v) is 6.00. The van der Waals surface area contributed by atoms with Crippen LogP contribution in [-0.2, 0) is 14.3 Å². The maximum absolute atomic E-state index is 13.3. The van der Waals surface area contributed by atoms with Crippen LogP contribution in [0.1, 0.15) is 21.7 Å². The largest absolute Gasteiger partial charge is 0.465 e. The smallest absolute Gasteiger partial charge is 0.337 e. The fraction of sp³-hybridized carbons (Fsp3) is 0.120. The number of nitrogens with one attached hydrogen (secondary N) is 1. The highest BCUT2D eigenvalue weighted by Gasteiger charge is 2.36. The molecule has 0 radical (unpaired) electrons. The molecule has 0 saturated carbocycles. The number of furan rings is 1. The number of rotatable bonds is 6. The summed E-state index contributed by atoms with van der Waals surface area (Å²) in [7, 11) is 1.31. The van der Waals surface area contributed by atoms with E-state index in [0.717, 1.165) is 22.1 Å². The second-order valence-corrected chi connectivity index (χ2v) is 8.54. The number of amides is 3. The molecule has 2 aromatic carbocycles. The minimum absolute atomic E-state index is 0.104. The molecule has 178 valence electrons. The maximum atomic E-state index is 13.3. The first-order chi connectivity index (χ1) is 16.7. The predicted octanol–water partition coefficient (Wildman–Crippen LogP) is 4.86. The summed E-state index contributed by atoms with van der Waals surface area (Å²) in [5.74, 6) is -1.38. The van der Waals surface area contributed by atoms with Gasteiger partial charge >= 0.3 is 5.97 Å². The number of nitrogens with zero attached hydrogens (tertiary/aromatic N) is 1. The van der Waals surface area contributed by atoms with Gasteiger partial charge in [-0.15, -0.1) is 0 Å². The predicted molar refractivity (Wildman–Crippen MR) is 128 cm³/mol. The van der Waals surface area contributed by atoms with Crippen LogP contribution in [0.15, 0.2) is 63.9 Å². The topological polar surface area (TPSA) is 106 Å². The maximum Gasteiger partial charge on any atom is 0.337 e. The molecule has 0 aliphatic carbocycles. The summed E-state index contributed by atoms with van der Waals surface area (Å²) < 4.78 is 23.8. The molecule has 35 heavy (non-hydrogen) atoms. The number of ether oxygens (including phenoxy) is 1. The van der Waals surface area contributed by atoms with Crippen molar-refractivity contribution in [1.82, 2.24) is 4.90 Å². The number of carbonyl (C=O) groups excluding carboxylic acids is 4. The highest BCUT2D eigenvalue weighted by molar-refractivity contribution is 8.18. The summed E-state index contributed by atoms with van der Waals surface area (Å²) in [6.07, 6.45) is 1.43. The molecule has 3 aromatic rings. The van der Waals surface area contributed by atoms with E-state index in [9.17, 15) is 23.6 Å². The van der Waals surface area contributed by atoms with E-state index in [1.165, 1.54) is 31.4 Å². The third kappa shape index (κ3) is 5.33. The van der Waals surface area contributed by atoms with Crippen molar-refractivity contribution in [3.8, 4) is 11.3 Å². The van der Waals surface area contributed by atoms with Crippen LogP contribution in [0.2, 0.25) is 0 Å². The average molecular weight is 495 g/mol. The van der Waals surface area contributed by atoms with Gasteiger partial charge in [0.1, 0.15) is 23.9 Å². The van der Waals surface area contributed by atoms with Crippen LogP contribution >= 0.6 is 11.8 Å². The lowest BCUT2D eigenvalue weighted by atomic mass is 10.0. The van der Waals surface area contributed by atoms with Gasteiger partial charge in [-0.3, -0.25) is 19.3 Å². The zero-order valence-corrected chi connectivity index (χ0v) is 19.5. The van der Waals surface area contributed by atoms with E-state index >= 15 is 0 Å². The molecule has 0 atom stereocenters. The van der Waals surface area contributed by atoms with Crippen LogP contribution in [0, 0.1) is 12.7 Å². The number of anilines is 1. The summed E-state index contributed by atoms with van der Waals surface area (Å²) in [4.78, 5) is 49.9. The Bertz CT molecular complexity index is 1380. The Balaban J connectivity index is 1.46. The summed E-state index contributed by atoms with van der Waals surface area (Å²) in [5.41, 5.74) is 2.17. The number of methoxy groups -OCH3 is 1. The van der Waals surface area contributed by atoms with Gasteiger partial charge in [-0.1, -0.05) is 12.1 Å². The molecule has 1 aliphatic heterocycles. The highest BCUT2D eigenvalue weighted by Crippen LogP contribution is 2.34. The normalized spacial score (nSPS) is 14.5. The summed E-state index contributed by atoms with van der Waals surface area (Å²) >= 11 is 0.690. The Hall–Kier alpha value is -4.18. The quantitative estimate of drug-likeness (QED) is 0.385. The Morgan fingerprint density at radius 2 is 1.94 bits per heavy atom. The van der Waals surface area contributed by atoms with E-state index < -0.39 is 35.4 Å². The van der Waals surface area contributed by atoms with Crippen molar-refractivity contribution in [3.05, 3.63) is 82.2 Å². The van der Waals surface area contributed by atoms with Crippen molar-refractivity contribution in [2.75, 3.05) is 19.0 Å². The molecule has 1 saturated heterocycles. The molecule has 1 fully saturated rings. The molecule has 8 nitrogen and oxygen atoms in total. The molecule has 3 amide bonds. The number of imide groups is 1. The Morgan fingerprint density at radius 1 is 1.14 bits per heavy atom. The lowest BCUT2D eigenvalue weighted by molar-refractivity contribution is -0.127. The summed E-state index contributed by atoms with van der Waals surface area (Å²) in [6.45, 7) is 1.32. The number of hydrogen-bond donors (Lipinski definition) is 1. The fourth-order valence-corrected chi connectivity index (χ4v) is 4.25. The molecule has 0 unspecified atom stereocenters. The van der Waals surface area contributed by atoms with Crippen LogP contribution in [0.25, 0.3) is 17.4 Å². The van der Waals surface area contributed by atoms with Gasteiger partial charge in [-0.2, -0.15) is 0 Å². The molecule has 4 rings (SSSR count). The third-order valence-electron chi connectivity index (χ3n) is 5.10. The molecular weight excluding hydrogens is 475 g/mol. The van der Waals surface area contributed by atoms with Crippen molar-refractivity contribution in [3.63, 3.8) is 0 Å². The van der Waals surface area contributed by atoms with E-state index in [1.807, 2.05) is 6.92 Å². The van der Waals surface area contributed by atoms with E-state index in [-0.39, 0.29) is 10.6 Å². The molecular formula is C25H19FN2O6S. The van der Waals surface area contributed by atoms with Gasteiger partial charge in [-0.25, -0.2) is 9.18 Å². The zero-order valence-electron chi connectivity index (χ0n) is 18.7. The van der Waals surface area contributed by atoms with E-state index in [2.05, 4.69) is 5.32 Å². The number of aryl methyl sites for hydroxylation is 1. The molecule has 1 aliphatic rings. The lowest BCUT2D eigenvalue weighted by Gasteiger charge is -2.12. The molecule has 10 heteroatoms. The van der Waals surface area contributed by atoms with E-state index in [0.29, 0.717) is 28.8 Å². The van der Waals surface area contributed by atoms with Gasteiger partial charge in [0, 0.05) is 17.3 Å². The van der Waals surface area contributed by atoms with Crippen LogP contribution in [0.4, 0.5) is 14.9 Å². The van der Waals surface area contributed by atoms with Gasteiger partial charge in [0.15, 0.2) is 0 Å². The molecule has 2 heterocycles. The molecule has 0 spiro atoms. The van der Waals surface area contributed by atoms with Crippen molar-refractivity contribution in [2.45, 2.75) is 6.92 Å². The number of benzene rings is 2. The first kappa shape index (κ1) is 24.0. The van der Waals surface area contributed by atoms with Crippen molar-refractivity contribution in [2.24, 2.45) is 0 Å². The Labute approximate surface area is 203 Å². The van der Waals surface area contributed by atoms with E-state index in [4.69, 9.17) is 9.15 Å². The Kier molecular flexibility index (Phi) is 6.83. The van der Waals surface area contributed by atoms with Gasteiger partial charge in [0.25, 0.3) is 11.1 Å². The average Bonchev–Trinajstić information content (AvgIpc) is 3.38. The second kappa shape index (κ2) is 9.98. The van der Waals surface area contributed by atoms with Crippen molar-refractivity contribution < 1.29 is 32.7 Å². The van der Waals surface area contributed by atoms with Crippen LogP contribution < -0.4 is 5.32 Å². The second-order valence-electron chi connectivity index (χ2n) is 7.55. The minimum atomic E-state index is -0.634. The number of halogens is 1. The van der Waals surface area contributed by atoms with Gasteiger partial charge in [0.2, 0.25) is 5.91 Å². The molecule has 1 aromatic heterocycles. The van der Waals surface area contributed by atoms with Gasteiger partial charge in [0.05, 0.1) is 17.6 Å². The summed E-state index contributed by atoms with van der Waals surface area (Å²) in [5, 5.41) is 1.86. The number of thioether (sulfide) groups is 1. The van der Waals surface area contributed by atoms with Crippen LogP contribution in [0.3, 0.4) is 0 Å². The SMILES string of the molecule is COC(=O)c1ccc(-c2ccc(/C=C3/SC(=O)N(CC(=O)Nc4cccc(F)c4)C3=O)o2)c(C)c1. The van der Waals surface area contributed by atoms with E-state index in [1.54, 1.807) is 30.3 Å². The molecule has 1 N–H and O–H groups in total.